The summed E-state index contributed by atoms with van der Waals surface area (Å²) in [5.74, 6) is 2.99. The zero-order chi connectivity index (χ0) is 7.40. The minimum atomic E-state index is 0.293. The third kappa shape index (κ3) is 1.81. The summed E-state index contributed by atoms with van der Waals surface area (Å²) >= 11 is 2.19. The summed E-state index contributed by atoms with van der Waals surface area (Å²) in [4.78, 5) is 0. The van der Waals surface area contributed by atoms with Gasteiger partial charge in [0.15, 0.2) is 6.61 Å². The zero-order valence-electron chi connectivity index (χ0n) is 5.39. The molecule has 3 heteroatoms. The standard InChI is InChI=1S/C7H7IO2/c1-2-4-9-7-6(8)3-5-10-7/h1H,3-5H2. The Morgan fingerprint density at radius 3 is 3.10 bits per heavy atom. The highest BCUT2D eigenvalue weighted by Crippen LogP contribution is 2.25. The van der Waals surface area contributed by atoms with Crippen molar-refractivity contribution in [2.24, 2.45) is 0 Å². The summed E-state index contributed by atoms with van der Waals surface area (Å²) in [6.07, 6.45) is 5.94. The largest absolute Gasteiger partial charge is 0.465 e. The molecule has 0 atom stereocenters. The minimum Gasteiger partial charge on any atom is -0.465 e. The summed E-state index contributed by atoms with van der Waals surface area (Å²) in [5.41, 5.74) is 0. The molecule has 54 valence electrons. The van der Waals surface area contributed by atoms with Crippen LogP contribution < -0.4 is 0 Å². The number of ether oxygens (including phenoxy) is 2. The van der Waals surface area contributed by atoms with Gasteiger partial charge in [0.05, 0.1) is 10.2 Å². The van der Waals surface area contributed by atoms with Crippen molar-refractivity contribution in [1.82, 2.24) is 0 Å². The molecule has 0 saturated carbocycles. The Kier molecular flexibility index (Phi) is 2.87. The molecule has 0 aliphatic carbocycles. The van der Waals surface area contributed by atoms with Gasteiger partial charge in [0, 0.05) is 6.42 Å². The fourth-order valence-corrected chi connectivity index (χ4v) is 1.17. The summed E-state index contributed by atoms with van der Waals surface area (Å²) in [7, 11) is 0. The van der Waals surface area contributed by atoms with Crippen molar-refractivity contribution in [1.29, 1.82) is 0 Å². The molecule has 0 bridgehead atoms. The maximum atomic E-state index is 5.12. The topological polar surface area (TPSA) is 18.5 Å². The van der Waals surface area contributed by atoms with Crippen LogP contribution in [0.4, 0.5) is 0 Å². The summed E-state index contributed by atoms with van der Waals surface area (Å²) in [5, 5.41) is 0. The number of halogens is 1. The first-order valence-electron chi connectivity index (χ1n) is 2.92. The molecule has 0 amide bonds. The molecule has 0 unspecified atom stereocenters. The van der Waals surface area contributed by atoms with Crippen molar-refractivity contribution in [3.63, 3.8) is 0 Å². The first-order chi connectivity index (χ1) is 4.84. The van der Waals surface area contributed by atoms with Crippen LogP contribution in [0.3, 0.4) is 0 Å². The predicted octanol–water partition coefficient (Wildman–Crippen LogP) is 1.66. The molecular formula is C7H7IO2. The van der Waals surface area contributed by atoms with Crippen molar-refractivity contribution < 1.29 is 9.47 Å². The van der Waals surface area contributed by atoms with Crippen molar-refractivity contribution in [2.75, 3.05) is 13.2 Å². The Morgan fingerprint density at radius 1 is 1.80 bits per heavy atom. The average molecular weight is 250 g/mol. The fourth-order valence-electron chi connectivity index (χ4n) is 0.641. The van der Waals surface area contributed by atoms with Gasteiger partial charge in [-0.25, -0.2) is 0 Å². The SMILES string of the molecule is C#CCOC1=C(I)CCO1. The average Bonchev–Trinajstić information content (AvgIpc) is 2.31. The van der Waals surface area contributed by atoms with Gasteiger partial charge in [-0.2, -0.15) is 0 Å². The second-order valence-electron chi connectivity index (χ2n) is 1.78. The van der Waals surface area contributed by atoms with Crippen LogP contribution in [0.2, 0.25) is 0 Å². The molecule has 10 heavy (non-hydrogen) atoms. The molecule has 0 aromatic carbocycles. The van der Waals surface area contributed by atoms with Crippen LogP contribution >= 0.6 is 22.6 Å². The van der Waals surface area contributed by atoms with Crippen molar-refractivity contribution in [2.45, 2.75) is 6.42 Å². The van der Waals surface area contributed by atoms with Gasteiger partial charge in [-0.3, -0.25) is 0 Å². The van der Waals surface area contributed by atoms with Crippen LogP contribution in [0.15, 0.2) is 9.53 Å². The zero-order valence-corrected chi connectivity index (χ0v) is 7.55. The quantitative estimate of drug-likeness (QED) is 0.548. The van der Waals surface area contributed by atoms with Gasteiger partial charge < -0.3 is 9.47 Å². The third-order valence-corrected chi connectivity index (χ3v) is 2.04. The lowest BCUT2D eigenvalue weighted by Crippen LogP contribution is -1.93. The van der Waals surface area contributed by atoms with Crippen LogP contribution in [-0.4, -0.2) is 13.2 Å². The molecule has 0 spiro atoms. The number of rotatable bonds is 2. The van der Waals surface area contributed by atoms with E-state index in [9.17, 15) is 0 Å². The van der Waals surface area contributed by atoms with Gasteiger partial charge in [0.2, 0.25) is 0 Å². The molecule has 1 aliphatic heterocycles. The van der Waals surface area contributed by atoms with Crippen molar-refractivity contribution >= 4 is 22.6 Å². The van der Waals surface area contributed by atoms with Gasteiger partial charge in [0.25, 0.3) is 5.95 Å². The first-order valence-corrected chi connectivity index (χ1v) is 4.00. The molecule has 1 heterocycles. The highest BCUT2D eigenvalue weighted by Gasteiger charge is 2.13. The molecular weight excluding hydrogens is 243 g/mol. The lowest BCUT2D eigenvalue weighted by molar-refractivity contribution is 0.0689. The van der Waals surface area contributed by atoms with E-state index >= 15 is 0 Å². The van der Waals surface area contributed by atoms with Gasteiger partial charge in [0.1, 0.15) is 0 Å². The first kappa shape index (κ1) is 7.73. The van der Waals surface area contributed by atoms with Crippen LogP contribution in [0.5, 0.6) is 0 Å². The van der Waals surface area contributed by atoms with Gasteiger partial charge in [-0.15, -0.1) is 6.42 Å². The molecule has 0 aromatic heterocycles. The van der Waals surface area contributed by atoms with E-state index in [4.69, 9.17) is 15.9 Å². The van der Waals surface area contributed by atoms with Gasteiger partial charge >= 0.3 is 0 Å². The van der Waals surface area contributed by atoms with E-state index in [1.165, 1.54) is 0 Å². The van der Waals surface area contributed by atoms with E-state index in [1.54, 1.807) is 0 Å². The van der Waals surface area contributed by atoms with Crippen LogP contribution in [0, 0.1) is 12.3 Å². The Morgan fingerprint density at radius 2 is 2.60 bits per heavy atom. The smallest absolute Gasteiger partial charge is 0.289 e. The Balaban J connectivity index is 2.40. The lowest BCUT2D eigenvalue weighted by Gasteiger charge is -2.02. The molecule has 0 N–H and O–H groups in total. The van der Waals surface area contributed by atoms with Crippen LogP contribution in [0.1, 0.15) is 6.42 Å². The third-order valence-electron chi connectivity index (χ3n) is 1.06. The molecule has 1 aliphatic rings. The van der Waals surface area contributed by atoms with Crippen molar-refractivity contribution in [3.8, 4) is 12.3 Å². The van der Waals surface area contributed by atoms with Gasteiger partial charge in [-0.05, 0) is 22.6 Å². The Hall–Kier alpha value is -0.370. The summed E-state index contributed by atoms with van der Waals surface area (Å²) < 4.78 is 11.3. The normalized spacial score (nSPS) is 16.4. The Labute approximate surface area is 73.7 Å². The maximum absolute atomic E-state index is 5.12. The van der Waals surface area contributed by atoms with Crippen LogP contribution in [-0.2, 0) is 9.47 Å². The summed E-state index contributed by atoms with van der Waals surface area (Å²) in [6.45, 7) is 1.01. The second kappa shape index (κ2) is 3.71. The number of terminal acetylenes is 1. The molecule has 0 fully saturated rings. The van der Waals surface area contributed by atoms with E-state index in [-0.39, 0.29) is 0 Å². The molecule has 0 aromatic rings. The van der Waals surface area contributed by atoms with E-state index in [0.29, 0.717) is 12.6 Å². The van der Waals surface area contributed by atoms with Gasteiger partial charge in [-0.1, -0.05) is 5.92 Å². The second-order valence-corrected chi connectivity index (χ2v) is 3.09. The maximum Gasteiger partial charge on any atom is 0.289 e. The highest BCUT2D eigenvalue weighted by molar-refractivity contribution is 14.1. The van der Waals surface area contributed by atoms with E-state index in [1.807, 2.05) is 0 Å². The van der Waals surface area contributed by atoms with Crippen LogP contribution in [0.25, 0.3) is 0 Å². The highest BCUT2D eigenvalue weighted by atomic mass is 127. The lowest BCUT2D eigenvalue weighted by atomic mass is 10.5. The van der Waals surface area contributed by atoms with E-state index < -0.39 is 0 Å². The Bertz CT molecular complexity index is 190. The molecule has 2 nitrogen and oxygen atoms in total. The number of hydrogen-bond donors (Lipinski definition) is 0. The fraction of sp³-hybridized carbons (Fsp3) is 0.429. The van der Waals surface area contributed by atoms with E-state index in [2.05, 4.69) is 28.5 Å². The molecule has 0 saturated heterocycles. The number of hydrogen-bond acceptors (Lipinski definition) is 2. The van der Waals surface area contributed by atoms with E-state index in [0.717, 1.165) is 16.6 Å². The monoisotopic (exact) mass is 250 g/mol. The summed E-state index contributed by atoms with van der Waals surface area (Å²) in [6, 6.07) is 0. The molecule has 0 radical (unpaired) electrons. The minimum absolute atomic E-state index is 0.293. The predicted molar refractivity (Wildman–Crippen MR) is 46.4 cm³/mol. The molecule has 1 rings (SSSR count). The van der Waals surface area contributed by atoms with Crippen molar-refractivity contribution in [3.05, 3.63) is 9.53 Å².